The number of rotatable bonds is 4. The van der Waals surface area contributed by atoms with Crippen molar-refractivity contribution in [1.29, 1.82) is 0 Å². The molecule has 0 bridgehead atoms. The van der Waals surface area contributed by atoms with Crippen molar-refractivity contribution in [3.05, 3.63) is 94.6 Å². The first-order valence-electron chi connectivity index (χ1n) is 8.88. The monoisotopic (exact) mass is 403 g/mol. The Kier molecular flexibility index (Phi) is 4.22. The van der Waals surface area contributed by atoms with E-state index < -0.39 is 0 Å². The Morgan fingerprint density at radius 1 is 0.966 bits per heavy atom. The quantitative estimate of drug-likeness (QED) is 0.454. The van der Waals surface area contributed by atoms with Gasteiger partial charge in [-0.25, -0.2) is 14.6 Å². The zero-order chi connectivity index (χ0) is 19.8. The van der Waals surface area contributed by atoms with E-state index in [0.717, 1.165) is 11.3 Å². The highest BCUT2D eigenvalue weighted by molar-refractivity contribution is 6.30. The van der Waals surface area contributed by atoms with Crippen LogP contribution in [0.15, 0.2) is 82.5 Å². The zero-order valence-electron chi connectivity index (χ0n) is 15.1. The molecule has 0 saturated heterocycles. The molecule has 0 fully saturated rings. The van der Waals surface area contributed by atoms with E-state index in [4.69, 9.17) is 16.0 Å². The molecule has 0 spiro atoms. The third-order valence-corrected chi connectivity index (χ3v) is 4.80. The van der Waals surface area contributed by atoms with Gasteiger partial charge in [-0.15, -0.1) is 0 Å². The van der Waals surface area contributed by atoms with Crippen LogP contribution in [0.3, 0.4) is 0 Å². The molecule has 8 heteroatoms. The lowest BCUT2D eigenvalue weighted by atomic mass is 10.2. The predicted molar refractivity (Wildman–Crippen MR) is 109 cm³/mol. The largest absolute Gasteiger partial charge is 0.439 e. The molecule has 0 saturated carbocycles. The van der Waals surface area contributed by atoms with Gasteiger partial charge in [0.1, 0.15) is 18.3 Å². The van der Waals surface area contributed by atoms with E-state index in [1.807, 2.05) is 42.5 Å². The molecule has 3 aromatic heterocycles. The van der Waals surface area contributed by atoms with Gasteiger partial charge in [-0.1, -0.05) is 29.8 Å². The molecule has 2 aromatic carbocycles. The number of hydrogen-bond donors (Lipinski definition) is 0. The van der Waals surface area contributed by atoms with E-state index in [1.54, 1.807) is 23.0 Å². The van der Waals surface area contributed by atoms with E-state index in [2.05, 4.69) is 15.1 Å². The summed E-state index contributed by atoms with van der Waals surface area (Å²) in [4.78, 5) is 21.6. The van der Waals surface area contributed by atoms with Crippen LogP contribution in [0, 0.1) is 0 Å². The molecule has 29 heavy (non-hydrogen) atoms. The first-order valence-corrected chi connectivity index (χ1v) is 9.26. The van der Waals surface area contributed by atoms with Gasteiger partial charge in [0.15, 0.2) is 11.4 Å². The topological polar surface area (TPSA) is 78.7 Å². The number of fused-ring (bicyclic) bond motifs is 1. The Hall–Kier alpha value is -3.71. The van der Waals surface area contributed by atoms with Crippen molar-refractivity contribution in [3.8, 4) is 17.0 Å². The maximum Gasteiger partial charge on any atom is 0.264 e. The Balaban J connectivity index is 1.47. The second kappa shape index (κ2) is 7.03. The normalized spacial score (nSPS) is 11.2. The summed E-state index contributed by atoms with van der Waals surface area (Å²) < 4.78 is 8.89. The molecular weight excluding hydrogens is 390 g/mol. The van der Waals surface area contributed by atoms with Gasteiger partial charge in [-0.3, -0.25) is 9.36 Å². The summed E-state index contributed by atoms with van der Waals surface area (Å²) in [5.74, 6) is 1.02. The molecule has 0 N–H and O–H groups in total. The van der Waals surface area contributed by atoms with E-state index in [0.29, 0.717) is 27.7 Å². The van der Waals surface area contributed by atoms with Crippen LogP contribution in [0.5, 0.6) is 0 Å². The number of para-hydroxylation sites is 1. The van der Waals surface area contributed by atoms with Gasteiger partial charge in [0.05, 0.1) is 18.1 Å². The fraction of sp³-hybridized carbons (Fsp3) is 0.0476. The first kappa shape index (κ1) is 17.4. The fourth-order valence-electron chi connectivity index (χ4n) is 3.10. The molecule has 0 aliphatic heterocycles. The third-order valence-electron chi connectivity index (χ3n) is 4.54. The van der Waals surface area contributed by atoms with E-state index in [1.165, 1.54) is 17.1 Å². The van der Waals surface area contributed by atoms with Gasteiger partial charge in [-0.2, -0.15) is 5.10 Å². The standard InChI is InChI=1S/C21H14ClN5O2/c22-15-8-6-14(7-9-15)18-11-23-19(29-18)12-26-13-24-20-17(21(26)28)10-25-27(20)16-4-2-1-3-5-16/h1-11,13H,12H2. The highest BCUT2D eigenvalue weighted by Gasteiger charge is 2.13. The SMILES string of the molecule is O=c1c2cnn(-c3ccccc3)c2ncn1Cc1ncc(-c2ccc(Cl)cc2)o1. The Morgan fingerprint density at radius 3 is 2.55 bits per heavy atom. The minimum absolute atomic E-state index is 0.173. The Bertz CT molecular complexity index is 1350. The lowest BCUT2D eigenvalue weighted by Gasteiger charge is -2.04. The van der Waals surface area contributed by atoms with Crippen molar-refractivity contribution in [2.24, 2.45) is 0 Å². The van der Waals surface area contributed by atoms with Crippen molar-refractivity contribution >= 4 is 22.6 Å². The Morgan fingerprint density at radius 2 is 1.76 bits per heavy atom. The van der Waals surface area contributed by atoms with E-state index in [-0.39, 0.29) is 12.1 Å². The summed E-state index contributed by atoms with van der Waals surface area (Å²) in [6, 6.07) is 16.8. The van der Waals surface area contributed by atoms with Crippen LogP contribution in [0.1, 0.15) is 5.89 Å². The number of nitrogens with zero attached hydrogens (tertiary/aromatic N) is 5. The number of benzene rings is 2. The summed E-state index contributed by atoms with van der Waals surface area (Å²) in [5, 5.41) is 5.40. The number of hydrogen-bond acceptors (Lipinski definition) is 5. The van der Waals surface area contributed by atoms with Crippen LogP contribution in [0.2, 0.25) is 5.02 Å². The van der Waals surface area contributed by atoms with Gasteiger partial charge < -0.3 is 4.42 Å². The maximum atomic E-state index is 12.9. The van der Waals surface area contributed by atoms with Crippen molar-refractivity contribution in [2.45, 2.75) is 6.54 Å². The summed E-state index contributed by atoms with van der Waals surface area (Å²) >= 11 is 5.92. The van der Waals surface area contributed by atoms with E-state index >= 15 is 0 Å². The zero-order valence-corrected chi connectivity index (χ0v) is 15.8. The molecule has 142 valence electrons. The number of aromatic nitrogens is 5. The minimum atomic E-state index is -0.205. The summed E-state index contributed by atoms with van der Waals surface area (Å²) in [6.07, 6.45) is 4.64. The average molecular weight is 404 g/mol. The van der Waals surface area contributed by atoms with Gasteiger partial charge in [-0.05, 0) is 36.4 Å². The molecule has 5 aromatic rings. The molecule has 0 radical (unpaired) electrons. The number of oxazole rings is 1. The van der Waals surface area contributed by atoms with Crippen molar-refractivity contribution in [1.82, 2.24) is 24.3 Å². The molecule has 0 aliphatic carbocycles. The van der Waals surface area contributed by atoms with Crippen LogP contribution in [0.4, 0.5) is 0 Å². The van der Waals surface area contributed by atoms with Gasteiger partial charge >= 0.3 is 0 Å². The van der Waals surface area contributed by atoms with Gasteiger partial charge in [0.2, 0.25) is 5.89 Å². The molecule has 0 atom stereocenters. The molecule has 5 rings (SSSR count). The lowest BCUT2D eigenvalue weighted by Crippen LogP contribution is -2.21. The fourth-order valence-corrected chi connectivity index (χ4v) is 3.22. The maximum absolute atomic E-state index is 12.9. The highest BCUT2D eigenvalue weighted by Crippen LogP contribution is 2.22. The molecule has 0 unspecified atom stereocenters. The summed E-state index contributed by atoms with van der Waals surface area (Å²) in [7, 11) is 0. The molecular formula is C21H14ClN5O2. The van der Waals surface area contributed by atoms with Crippen molar-refractivity contribution < 1.29 is 4.42 Å². The summed E-state index contributed by atoms with van der Waals surface area (Å²) in [5.41, 5.74) is 2.00. The Labute approximate surface area is 169 Å². The smallest absolute Gasteiger partial charge is 0.264 e. The van der Waals surface area contributed by atoms with Crippen LogP contribution in [-0.2, 0) is 6.54 Å². The highest BCUT2D eigenvalue weighted by atomic mass is 35.5. The second-order valence-electron chi connectivity index (χ2n) is 6.43. The minimum Gasteiger partial charge on any atom is -0.439 e. The molecule has 7 nitrogen and oxygen atoms in total. The van der Waals surface area contributed by atoms with Crippen LogP contribution in [-0.4, -0.2) is 24.3 Å². The number of halogens is 1. The van der Waals surface area contributed by atoms with Gasteiger partial charge in [0, 0.05) is 10.6 Å². The van der Waals surface area contributed by atoms with E-state index in [9.17, 15) is 4.79 Å². The average Bonchev–Trinajstić information content (AvgIpc) is 3.39. The third kappa shape index (κ3) is 3.21. The first-order chi connectivity index (χ1) is 14.2. The lowest BCUT2D eigenvalue weighted by molar-refractivity contribution is 0.484. The van der Waals surface area contributed by atoms with Crippen LogP contribution >= 0.6 is 11.6 Å². The second-order valence-corrected chi connectivity index (χ2v) is 6.87. The summed E-state index contributed by atoms with van der Waals surface area (Å²) in [6.45, 7) is 0.173. The molecule has 0 amide bonds. The van der Waals surface area contributed by atoms with Crippen molar-refractivity contribution in [3.63, 3.8) is 0 Å². The predicted octanol–water partition coefficient (Wildman–Crippen LogP) is 3.94. The molecule has 0 aliphatic rings. The van der Waals surface area contributed by atoms with Crippen molar-refractivity contribution in [2.75, 3.05) is 0 Å². The van der Waals surface area contributed by atoms with Crippen LogP contribution < -0.4 is 5.56 Å². The molecule has 3 heterocycles. The van der Waals surface area contributed by atoms with Gasteiger partial charge in [0.25, 0.3) is 5.56 Å². The van der Waals surface area contributed by atoms with Crippen LogP contribution in [0.25, 0.3) is 28.0 Å².